The lowest BCUT2D eigenvalue weighted by Crippen LogP contribution is -2.43. The van der Waals surface area contributed by atoms with E-state index in [0.29, 0.717) is 18.3 Å². The second kappa shape index (κ2) is 5.49. The van der Waals surface area contributed by atoms with Crippen LogP contribution in [0.1, 0.15) is 60.8 Å². The van der Waals surface area contributed by atoms with Gasteiger partial charge in [0, 0.05) is 11.8 Å². The Hall–Kier alpha value is -1.57. The molecule has 1 heterocycles. The molecule has 0 radical (unpaired) electrons. The first-order chi connectivity index (χ1) is 12.5. The molecule has 4 rings (SSSR count). The Morgan fingerprint density at radius 3 is 2.59 bits per heavy atom. The van der Waals surface area contributed by atoms with Crippen LogP contribution in [0.15, 0.2) is 0 Å². The fourth-order valence-electron chi connectivity index (χ4n) is 6.59. The highest BCUT2D eigenvalue weighted by Gasteiger charge is 2.84. The van der Waals surface area contributed by atoms with Crippen LogP contribution >= 0.6 is 0 Å². The van der Waals surface area contributed by atoms with Crippen LogP contribution in [0.5, 0.6) is 0 Å². The van der Waals surface area contributed by atoms with Gasteiger partial charge >= 0.3 is 11.9 Å². The maximum absolute atomic E-state index is 13.4. The predicted molar refractivity (Wildman–Crippen MR) is 98.0 cm³/mol. The lowest BCUT2D eigenvalue weighted by atomic mass is 9.67. The molecule has 0 N–H and O–H groups in total. The number of fused-ring (bicyclic) bond motifs is 1. The lowest BCUT2D eigenvalue weighted by molar-refractivity contribution is -0.177. The number of hydrogen-bond acceptors (Lipinski definition) is 5. The van der Waals surface area contributed by atoms with E-state index < -0.39 is 22.9 Å². The van der Waals surface area contributed by atoms with Crippen LogP contribution in [0, 0.1) is 57.2 Å². The summed E-state index contributed by atoms with van der Waals surface area (Å²) in [5, 5.41) is 9.64. The number of hydrogen-bond donors (Lipinski definition) is 0. The first-order valence-electron chi connectivity index (χ1n) is 10.3. The lowest BCUT2D eigenvalue weighted by Gasteiger charge is -2.39. The summed E-state index contributed by atoms with van der Waals surface area (Å²) in [6, 6.07) is 2.25. The molecular weight excluding hydrogens is 342 g/mol. The zero-order chi connectivity index (χ0) is 19.9. The van der Waals surface area contributed by atoms with Crippen LogP contribution in [-0.2, 0) is 19.1 Å². The van der Waals surface area contributed by atoms with E-state index in [4.69, 9.17) is 9.47 Å². The van der Waals surface area contributed by atoms with Crippen LogP contribution in [-0.4, -0.2) is 24.1 Å². The minimum absolute atomic E-state index is 0.00378. The van der Waals surface area contributed by atoms with Gasteiger partial charge in [-0.2, -0.15) is 5.26 Å². The molecular formula is C22H31NO4. The van der Waals surface area contributed by atoms with Crippen molar-refractivity contribution in [1.82, 2.24) is 0 Å². The topological polar surface area (TPSA) is 76.4 Å². The third-order valence-corrected chi connectivity index (χ3v) is 8.00. The van der Waals surface area contributed by atoms with Crippen LogP contribution < -0.4 is 0 Å². The van der Waals surface area contributed by atoms with E-state index >= 15 is 0 Å². The molecule has 0 spiro atoms. The van der Waals surface area contributed by atoms with Gasteiger partial charge in [-0.1, -0.05) is 41.0 Å². The molecule has 3 aliphatic carbocycles. The third-order valence-electron chi connectivity index (χ3n) is 8.00. The number of nitriles is 1. The summed E-state index contributed by atoms with van der Waals surface area (Å²) < 4.78 is 11.7. The van der Waals surface area contributed by atoms with Gasteiger partial charge in [0.2, 0.25) is 0 Å². The second-order valence-corrected chi connectivity index (χ2v) is 10.8. The summed E-state index contributed by atoms with van der Waals surface area (Å²) in [6.45, 7) is 12.7. The fraction of sp³-hybridized carbons (Fsp3) is 0.864. The van der Waals surface area contributed by atoms with Crippen molar-refractivity contribution in [3.8, 4) is 6.07 Å². The normalized spacial score (nSPS) is 44.1. The van der Waals surface area contributed by atoms with Crippen molar-refractivity contribution >= 4 is 11.9 Å². The average molecular weight is 373 g/mol. The van der Waals surface area contributed by atoms with Crippen molar-refractivity contribution in [2.24, 2.45) is 45.8 Å². The highest BCUT2D eigenvalue weighted by atomic mass is 16.6. The smallest absolute Gasteiger partial charge is 0.327 e. The Morgan fingerprint density at radius 2 is 2.04 bits per heavy atom. The van der Waals surface area contributed by atoms with Gasteiger partial charge in [0.1, 0.15) is 12.2 Å². The van der Waals surface area contributed by atoms with E-state index in [0.717, 1.165) is 12.8 Å². The van der Waals surface area contributed by atoms with Crippen LogP contribution in [0.25, 0.3) is 0 Å². The maximum atomic E-state index is 13.4. The summed E-state index contributed by atoms with van der Waals surface area (Å²) >= 11 is 0. The maximum Gasteiger partial charge on any atom is 0.327 e. The van der Waals surface area contributed by atoms with E-state index in [1.807, 2.05) is 6.92 Å². The van der Waals surface area contributed by atoms with Crippen molar-refractivity contribution in [2.45, 2.75) is 73.0 Å². The van der Waals surface area contributed by atoms with Gasteiger partial charge in [0.05, 0.1) is 11.5 Å². The second-order valence-electron chi connectivity index (χ2n) is 10.8. The number of rotatable bonds is 5. The molecule has 9 unspecified atom stereocenters. The first-order valence-corrected chi connectivity index (χ1v) is 10.3. The quantitative estimate of drug-likeness (QED) is 0.687. The third kappa shape index (κ3) is 2.34. The molecule has 9 atom stereocenters. The molecule has 3 saturated carbocycles. The van der Waals surface area contributed by atoms with Crippen molar-refractivity contribution in [2.75, 3.05) is 0 Å². The summed E-state index contributed by atoms with van der Waals surface area (Å²) in [4.78, 5) is 25.8. The van der Waals surface area contributed by atoms with E-state index in [2.05, 4.69) is 40.7 Å². The van der Waals surface area contributed by atoms with Gasteiger partial charge in [-0.15, -0.1) is 0 Å². The van der Waals surface area contributed by atoms with Crippen molar-refractivity contribution in [3.05, 3.63) is 0 Å². The monoisotopic (exact) mass is 373 g/mol. The molecule has 5 heteroatoms. The zero-order valence-corrected chi connectivity index (χ0v) is 17.2. The van der Waals surface area contributed by atoms with Crippen LogP contribution in [0.2, 0.25) is 0 Å². The molecule has 0 bridgehead atoms. The molecule has 4 fully saturated rings. The van der Waals surface area contributed by atoms with Gasteiger partial charge in [-0.3, -0.25) is 9.59 Å². The average Bonchev–Trinajstić information content (AvgIpc) is 2.88. The summed E-state index contributed by atoms with van der Waals surface area (Å²) in [5.41, 5.74) is -1.55. The Kier molecular flexibility index (Phi) is 3.82. The van der Waals surface area contributed by atoms with E-state index in [9.17, 15) is 14.9 Å². The number of ether oxygens (including phenoxy) is 2. The Morgan fingerprint density at radius 1 is 1.37 bits per heavy atom. The molecule has 0 aromatic rings. The highest BCUT2D eigenvalue weighted by Crippen LogP contribution is 2.77. The van der Waals surface area contributed by atoms with Crippen LogP contribution in [0.4, 0.5) is 0 Å². The zero-order valence-electron chi connectivity index (χ0n) is 17.2. The van der Waals surface area contributed by atoms with Gasteiger partial charge < -0.3 is 9.47 Å². The fourth-order valence-corrected chi connectivity index (χ4v) is 6.59. The van der Waals surface area contributed by atoms with Crippen molar-refractivity contribution in [3.63, 3.8) is 0 Å². The predicted octanol–water partition coefficient (Wildman–Crippen LogP) is 3.72. The van der Waals surface area contributed by atoms with E-state index in [-0.39, 0.29) is 35.2 Å². The minimum atomic E-state index is -0.983. The summed E-state index contributed by atoms with van der Waals surface area (Å²) in [6.07, 6.45) is 1.43. The molecule has 1 aliphatic heterocycles. The SMILES string of the molecule is CCC(C)C(C)(CC(C)(C)C)C(=O)OC1C2OC(=O)C3(C#N)CC4C1C4C23. The summed E-state index contributed by atoms with van der Waals surface area (Å²) in [5.74, 6) is 0.474. The molecule has 148 valence electrons. The van der Waals surface area contributed by atoms with Crippen molar-refractivity contribution < 1.29 is 19.1 Å². The van der Waals surface area contributed by atoms with E-state index in [1.54, 1.807) is 0 Å². The Labute approximate surface area is 161 Å². The first kappa shape index (κ1) is 18.8. The molecule has 4 aliphatic rings. The van der Waals surface area contributed by atoms with Gasteiger partial charge in [0.25, 0.3) is 0 Å². The molecule has 27 heavy (non-hydrogen) atoms. The number of carbonyl (C=O) groups is 2. The molecule has 1 saturated heterocycles. The van der Waals surface area contributed by atoms with Gasteiger partial charge in [-0.25, -0.2) is 0 Å². The number of nitrogens with zero attached hydrogens (tertiary/aromatic N) is 1. The van der Waals surface area contributed by atoms with Gasteiger partial charge in [-0.05, 0) is 42.9 Å². The van der Waals surface area contributed by atoms with E-state index in [1.165, 1.54) is 0 Å². The Bertz CT molecular complexity index is 734. The molecule has 0 aromatic carbocycles. The van der Waals surface area contributed by atoms with Crippen LogP contribution in [0.3, 0.4) is 0 Å². The molecule has 5 nitrogen and oxygen atoms in total. The van der Waals surface area contributed by atoms with Crippen molar-refractivity contribution in [1.29, 1.82) is 5.26 Å². The summed E-state index contributed by atoms with van der Waals surface area (Å²) in [7, 11) is 0. The largest absolute Gasteiger partial charge is 0.458 e. The highest BCUT2D eigenvalue weighted by molar-refractivity contribution is 5.85. The number of carbonyl (C=O) groups excluding carboxylic acids is 2. The Balaban J connectivity index is 1.57. The van der Waals surface area contributed by atoms with Gasteiger partial charge in [0.15, 0.2) is 5.41 Å². The molecule has 0 aromatic heterocycles. The number of esters is 2. The minimum Gasteiger partial charge on any atom is -0.458 e. The molecule has 0 amide bonds. The standard InChI is InChI=1S/C22H31NO4/c1-7-11(2)21(6,9-20(3,4)5)18(24)26-16-14-12-8-22(10-23)15(13(12)14)17(16)27-19(22)25/h11-17H,7-9H2,1-6H3.